The highest BCUT2D eigenvalue weighted by Crippen LogP contribution is 2.29. The highest BCUT2D eigenvalue weighted by Gasteiger charge is 2.11. The molecule has 1 aromatic carbocycles. The van der Waals surface area contributed by atoms with E-state index in [0.29, 0.717) is 23.1 Å². The normalized spacial score (nSPS) is 10.2. The van der Waals surface area contributed by atoms with Gasteiger partial charge in [0.2, 0.25) is 0 Å². The number of hydrogen-bond acceptors (Lipinski definition) is 3. The van der Waals surface area contributed by atoms with Crippen LogP contribution in [-0.4, -0.2) is 21.2 Å². The summed E-state index contributed by atoms with van der Waals surface area (Å²) in [7, 11) is 1.73. The van der Waals surface area contributed by atoms with Crippen LogP contribution >= 0.6 is 0 Å². The van der Waals surface area contributed by atoms with E-state index >= 15 is 0 Å². The molecule has 2 rings (SSSR count). The Balaban J connectivity index is 2.63. The van der Waals surface area contributed by atoms with Gasteiger partial charge in [-0.15, -0.1) is 0 Å². The van der Waals surface area contributed by atoms with E-state index in [1.165, 1.54) is 0 Å². The number of aryl methyl sites for hydroxylation is 1. The van der Waals surface area contributed by atoms with Crippen molar-refractivity contribution in [3.63, 3.8) is 0 Å². The second-order valence-electron chi connectivity index (χ2n) is 3.24. The Morgan fingerprint density at radius 2 is 2.07 bits per heavy atom. The van der Waals surface area contributed by atoms with E-state index in [9.17, 15) is 9.90 Å². The summed E-state index contributed by atoms with van der Waals surface area (Å²) < 4.78 is 1.55. The maximum Gasteiger partial charge on any atom is 0.170 e. The quantitative estimate of drug-likeness (QED) is 0.752. The Labute approximate surface area is 86.8 Å². The number of benzene rings is 1. The number of aromatic nitrogens is 2. The van der Waals surface area contributed by atoms with Crippen LogP contribution in [0.4, 0.5) is 0 Å². The molecule has 0 fully saturated rings. The standard InChI is InChI=1S/C11H10N2O2/c1-13-6-9(10(7-14)12-13)8-4-2-3-5-11(8)15/h2-7,15H,1H3. The lowest BCUT2D eigenvalue weighted by atomic mass is 10.1. The van der Waals surface area contributed by atoms with Crippen molar-refractivity contribution in [3.8, 4) is 16.9 Å². The van der Waals surface area contributed by atoms with Gasteiger partial charge in [-0.25, -0.2) is 0 Å². The summed E-state index contributed by atoms with van der Waals surface area (Å²) in [6.45, 7) is 0. The van der Waals surface area contributed by atoms with Crippen LogP contribution in [0, 0.1) is 0 Å². The smallest absolute Gasteiger partial charge is 0.170 e. The van der Waals surface area contributed by atoms with Crippen molar-refractivity contribution >= 4 is 6.29 Å². The van der Waals surface area contributed by atoms with Crippen molar-refractivity contribution in [2.45, 2.75) is 0 Å². The molecule has 0 saturated carbocycles. The molecule has 0 aliphatic heterocycles. The second kappa shape index (κ2) is 3.57. The van der Waals surface area contributed by atoms with E-state index in [1.807, 2.05) is 0 Å². The number of aldehydes is 1. The van der Waals surface area contributed by atoms with Gasteiger partial charge in [0.1, 0.15) is 11.4 Å². The van der Waals surface area contributed by atoms with Crippen LogP contribution in [0.3, 0.4) is 0 Å². The van der Waals surface area contributed by atoms with Crippen LogP contribution in [-0.2, 0) is 7.05 Å². The highest BCUT2D eigenvalue weighted by molar-refractivity contribution is 5.86. The number of carbonyl (C=O) groups excluding carboxylic acids is 1. The minimum absolute atomic E-state index is 0.147. The molecule has 0 saturated heterocycles. The molecule has 0 bridgehead atoms. The predicted molar refractivity (Wildman–Crippen MR) is 55.7 cm³/mol. The first kappa shape index (κ1) is 9.45. The van der Waals surface area contributed by atoms with Crippen molar-refractivity contribution < 1.29 is 9.90 Å². The van der Waals surface area contributed by atoms with Crippen LogP contribution in [0.5, 0.6) is 5.75 Å². The lowest BCUT2D eigenvalue weighted by Crippen LogP contribution is -1.89. The molecule has 76 valence electrons. The molecule has 4 heteroatoms. The molecule has 0 atom stereocenters. The molecular formula is C11H10N2O2. The number of phenols is 1. The SMILES string of the molecule is Cn1cc(-c2ccccc2O)c(C=O)n1. The summed E-state index contributed by atoms with van der Waals surface area (Å²) in [6, 6.07) is 6.86. The molecule has 1 heterocycles. The van der Waals surface area contributed by atoms with Crippen molar-refractivity contribution in [3.05, 3.63) is 36.2 Å². The average molecular weight is 202 g/mol. The van der Waals surface area contributed by atoms with Crippen molar-refractivity contribution in [1.29, 1.82) is 0 Å². The van der Waals surface area contributed by atoms with Gasteiger partial charge in [0.05, 0.1) is 0 Å². The van der Waals surface area contributed by atoms with Crippen LogP contribution in [0.2, 0.25) is 0 Å². The van der Waals surface area contributed by atoms with E-state index in [2.05, 4.69) is 5.10 Å². The molecule has 0 aliphatic rings. The maximum atomic E-state index is 10.8. The fraction of sp³-hybridized carbons (Fsp3) is 0.0909. The summed E-state index contributed by atoms with van der Waals surface area (Å²) in [5.41, 5.74) is 1.59. The van der Waals surface area contributed by atoms with Crippen molar-refractivity contribution in [2.24, 2.45) is 7.05 Å². The number of carbonyl (C=O) groups is 1. The Bertz CT molecular complexity index is 503. The van der Waals surface area contributed by atoms with Crippen LogP contribution < -0.4 is 0 Å². The molecule has 1 aromatic heterocycles. The number of phenolic OH excluding ortho intramolecular Hbond substituents is 1. The van der Waals surface area contributed by atoms with E-state index in [1.54, 1.807) is 42.2 Å². The Morgan fingerprint density at radius 3 is 2.73 bits per heavy atom. The third-order valence-electron chi connectivity index (χ3n) is 2.16. The molecule has 15 heavy (non-hydrogen) atoms. The monoisotopic (exact) mass is 202 g/mol. The summed E-state index contributed by atoms with van der Waals surface area (Å²) in [4.78, 5) is 10.8. The molecule has 0 spiro atoms. The Kier molecular flexibility index (Phi) is 2.25. The first-order valence-electron chi connectivity index (χ1n) is 4.49. The Hall–Kier alpha value is -2.10. The molecule has 2 aromatic rings. The summed E-state index contributed by atoms with van der Waals surface area (Å²) in [6.07, 6.45) is 2.39. The molecular weight excluding hydrogens is 192 g/mol. The van der Waals surface area contributed by atoms with Gasteiger partial charge in [-0.2, -0.15) is 5.10 Å². The first-order valence-corrected chi connectivity index (χ1v) is 4.49. The zero-order valence-electron chi connectivity index (χ0n) is 8.21. The van der Waals surface area contributed by atoms with Gasteiger partial charge in [-0.3, -0.25) is 9.48 Å². The van der Waals surface area contributed by atoms with Crippen molar-refractivity contribution in [1.82, 2.24) is 9.78 Å². The van der Waals surface area contributed by atoms with Crippen molar-refractivity contribution in [2.75, 3.05) is 0 Å². The number of rotatable bonds is 2. The Morgan fingerprint density at radius 1 is 1.33 bits per heavy atom. The topological polar surface area (TPSA) is 55.1 Å². The van der Waals surface area contributed by atoms with E-state index in [-0.39, 0.29) is 5.75 Å². The lowest BCUT2D eigenvalue weighted by Gasteiger charge is -2.00. The fourth-order valence-electron chi connectivity index (χ4n) is 1.50. The average Bonchev–Trinajstić information content (AvgIpc) is 2.60. The zero-order chi connectivity index (χ0) is 10.8. The minimum atomic E-state index is 0.147. The molecule has 0 unspecified atom stereocenters. The number of aromatic hydroxyl groups is 1. The van der Waals surface area contributed by atoms with Crippen LogP contribution in [0.1, 0.15) is 10.5 Å². The van der Waals surface area contributed by atoms with Gasteiger partial charge in [0.15, 0.2) is 6.29 Å². The number of para-hydroxylation sites is 1. The van der Waals surface area contributed by atoms with Gasteiger partial charge >= 0.3 is 0 Å². The van der Waals surface area contributed by atoms with Gasteiger partial charge in [-0.1, -0.05) is 18.2 Å². The molecule has 0 radical (unpaired) electrons. The molecule has 1 N–H and O–H groups in total. The number of hydrogen-bond donors (Lipinski definition) is 1. The van der Waals surface area contributed by atoms with Crippen LogP contribution in [0.25, 0.3) is 11.1 Å². The van der Waals surface area contributed by atoms with E-state index in [0.717, 1.165) is 0 Å². The summed E-state index contributed by atoms with van der Waals surface area (Å²) >= 11 is 0. The van der Waals surface area contributed by atoms with Gasteiger partial charge in [0, 0.05) is 24.4 Å². The van der Waals surface area contributed by atoms with Gasteiger partial charge in [-0.05, 0) is 6.07 Å². The second-order valence-corrected chi connectivity index (χ2v) is 3.24. The van der Waals surface area contributed by atoms with Crippen LogP contribution in [0.15, 0.2) is 30.5 Å². The highest BCUT2D eigenvalue weighted by atomic mass is 16.3. The summed E-state index contributed by atoms with van der Waals surface area (Å²) in [5, 5.41) is 13.6. The fourth-order valence-corrected chi connectivity index (χ4v) is 1.50. The molecule has 0 amide bonds. The maximum absolute atomic E-state index is 10.8. The zero-order valence-corrected chi connectivity index (χ0v) is 8.21. The minimum Gasteiger partial charge on any atom is -0.507 e. The van der Waals surface area contributed by atoms with Gasteiger partial charge in [0.25, 0.3) is 0 Å². The number of nitrogens with zero attached hydrogens (tertiary/aromatic N) is 2. The summed E-state index contributed by atoms with van der Waals surface area (Å²) in [5.74, 6) is 0.147. The molecule has 4 nitrogen and oxygen atoms in total. The largest absolute Gasteiger partial charge is 0.507 e. The van der Waals surface area contributed by atoms with E-state index < -0.39 is 0 Å². The third kappa shape index (κ3) is 1.61. The van der Waals surface area contributed by atoms with Gasteiger partial charge < -0.3 is 5.11 Å². The lowest BCUT2D eigenvalue weighted by molar-refractivity contribution is 0.111. The van der Waals surface area contributed by atoms with E-state index in [4.69, 9.17) is 0 Å². The third-order valence-corrected chi connectivity index (χ3v) is 2.16. The molecule has 0 aliphatic carbocycles. The first-order chi connectivity index (χ1) is 7.22. The predicted octanol–water partition coefficient (Wildman–Crippen LogP) is 1.61.